The van der Waals surface area contributed by atoms with Gasteiger partial charge in [0.05, 0.1) is 11.9 Å². The van der Waals surface area contributed by atoms with Gasteiger partial charge < -0.3 is 5.11 Å². The minimum absolute atomic E-state index is 0.0542. The Morgan fingerprint density at radius 2 is 1.75 bits per heavy atom. The minimum atomic E-state index is -3.32. The second-order valence-corrected chi connectivity index (χ2v) is 6.64. The van der Waals surface area contributed by atoms with Gasteiger partial charge in [0, 0.05) is 6.07 Å². The lowest BCUT2D eigenvalue weighted by Crippen LogP contribution is -2.13. The highest BCUT2D eigenvalue weighted by Crippen LogP contribution is 2.29. The van der Waals surface area contributed by atoms with Crippen LogP contribution in [-0.4, -0.2) is 19.8 Å². The van der Waals surface area contributed by atoms with Crippen molar-refractivity contribution in [2.75, 3.05) is 11.0 Å². The summed E-state index contributed by atoms with van der Waals surface area (Å²) in [5.74, 6) is 0.0542. The van der Waals surface area contributed by atoms with Gasteiger partial charge in [-0.15, -0.1) is 0 Å². The first-order valence-corrected chi connectivity index (χ1v) is 6.79. The third-order valence-corrected chi connectivity index (χ3v) is 2.69. The average Bonchev–Trinajstić information content (AvgIpc) is 1.97. The Hall–Kier alpha value is -1.23. The van der Waals surface area contributed by atoms with Gasteiger partial charge in [-0.05, 0) is 23.1 Å². The molecule has 1 aromatic carbocycles. The minimum Gasteiger partial charge on any atom is -0.508 e. The first kappa shape index (κ1) is 12.8. The van der Waals surface area contributed by atoms with Crippen molar-refractivity contribution in [3.05, 3.63) is 23.8 Å². The van der Waals surface area contributed by atoms with E-state index < -0.39 is 10.0 Å². The molecule has 0 saturated heterocycles. The maximum Gasteiger partial charge on any atom is 0.229 e. The maximum atomic E-state index is 11.1. The van der Waals surface area contributed by atoms with Gasteiger partial charge in [0.2, 0.25) is 10.0 Å². The average molecular weight is 243 g/mol. The first-order valence-electron chi connectivity index (χ1n) is 4.90. The van der Waals surface area contributed by atoms with Gasteiger partial charge in [-0.25, -0.2) is 8.42 Å². The third kappa shape index (κ3) is 3.73. The smallest absolute Gasteiger partial charge is 0.229 e. The number of nitrogens with one attached hydrogen (secondary N) is 1. The van der Waals surface area contributed by atoms with Crippen LogP contribution in [0.15, 0.2) is 18.2 Å². The molecule has 0 radical (unpaired) electrons. The van der Waals surface area contributed by atoms with E-state index in [9.17, 15) is 13.5 Å². The van der Waals surface area contributed by atoms with Crippen molar-refractivity contribution in [2.45, 2.75) is 26.2 Å². The quantitative estimate of drug-likeness (QED) is 0.835. The van der Waals surface area contributed by atoms with Crippen molar-refractivity contribution in [3.63, 3.8) is 0 Å². The molecule has 0 amide bonds. The van der Waals surface area contributed by atoms with Crippen LogP contribution in [0.5, 0.6) is 5.75 Å². The van der Waals surface area contributed by atoms with Crippen LogP contribution >= 0.6 is 0 Å². The molecule has 0 fully saturated rings. The molecule has 0 bridgehead atoms. The largest absolute Gasteiger partial charge is 0.508 e. The second kappa shape index (κ2) is 3.97. The molecule has 4 nitrogen and oxygen atoms in total. The zero-order valence-corrected chi connectivity index (χ0v) is 10.7. The Labute approximate surface area is 96.4 Å². The SMILES string of the molecule is CC(C)(C)c1cc(O)cc(NS(C)(=O)=O)c1. The van der Waals surface area contributed by atoms with E-state index in [1.165, 1.54) is 6.07 Å². The summed E-state index contributed by atoms with van der Waals surface area (Å²) in [5.41, 5.74) is 1.11. The van der Waals surface area contributed by atoms with E-state index in [0.717, 1.165) is 11.8 Å². The van der Waals surface area contributed by atoms with Crippen LogP contribution in [0.1, 0.15) is 26.3 Å². The molecular weight excluding hydrogens is 226 g/mol. The van der Waals surface area contributed by atoms with E-state index in [-0.39, 0.29) is 11.2 Å². The number of anilines is 1. The van der Waals surface area contributed by atoms with Gasteiger partial charge in [-0.3, -0.25) is 4.72 Å². The van der Waals surface area contributed by atoms with E-state index in [4.69, 9.17) is 0 Å². The lowest BCUT2D eigenvalue weighted by atomic mass is 9.87. The van der Waals surface area contributed by atoms with Crippen LogP contribution in [0.3, 0.4) is 0 Å². The molecule has 0 aliphatic heterocycles. The lowest BCUT2D eigenvalue weighted by Gasteiger charge is -2.20. The zero-order valence-electron chi connectivity index (χ0n) is 9.90. The number of benzene rings is 1. The van der Waals surface area contributed by atoms with Gasteiger partial charge in [0.15, 0.2) is 0 Å². The fourth-order valence-corrected chi connectivity index (χ4v) is 1.86. The highest BCUT2D eigenvalue weighted by Gasteiger charge is 2.16. The maximum absolute atomic E-state index is 11.1. The summed E-state index contributed by atoms with van der Waals surface area (Å²) in [5, 5.41) is 9.52. The molecule has 0 heterocycles. The molecule has 0 spiro atoms. The predicted octanol–water partition coefficient (Wildman–Crippen LogP) is 2.06. The molecule has 0 aliphatic rings. The van der Waals surface area contributed by atoms with E-state index in [1.54, 1.807) is 12.1 Å². The summed E-state index contributed by atoms with van der Waals surface area (Å²) >= 11 is 0. The van der Waals surface area contributed by atoms with Crippen molar-refractivity contribution in [2.24, 2.45) is 0 Å². The fraction of sp³-hybridized carbons (Fsp3) is 0.455. The molecule has 5 heteroatoms. The van der Waals surface area contributed by atoms with E-state index >= 15 is 0 Å². The monoisotopic (exact) mass is 243 g/mol. The number of hydrogen-bond acceptors (Lipinski definition) is 3. The second-order valence-electron chi connectivity index (χ2n) is 4.89. The molecule has 0 unspecified atom stereocenters. The summed E-state index contributed by atoms with van der Waals surface area (Å²) in [4.78, 5) is 0. The molecule has 16 heavy (non-hydrogen) atoms. The van der Waals surface area contributed by atoms with E-state index in [2.05, 4.69) is 4.72 Å². The van der Waals surface area contributed by atoms with Gasteiger partial charge in [-0.1, -0.05) is 20.8 Å². The summed E-state index contributed by atoms with van der Waals surface area (Å²) in [7, 11) is -3.32. The number of phenols is 1. The van der Waals surface area contributed by atoms with E-state index in [1.807, 2.05) is 20.8 Å². The molecule has 0 aliphatic carbocycles. The number of aromatic hydroxyl groups is 1. The fourth-order valence-electron chi connectivity index (χ4n) is 1.32. The number of phenolic OH excluding ortho intramolecular Hbond substituents is 1. The van der Waals surface area contributed by atoms with Crippen molar-refractivity contribution in [1.82, 2.24) is 0 Å². The van der Waals surface area contributed by atoms with Crippen molar-refractivity contribution in [3.8, 4) is 5.75 Å². The highest BCUT2D eigenvalue weighted by molar-refractivity contribution is 7.92. The van der Waals surface area contributed by atoms with Crippen LogP contribution < -0.4 is 4.72 Å². The molecule has 0 saturated carbocycles. The van der Waals surface area contributed by atoms with Crippen molar-refractivity contribution in [1.29, 1.82) is 0 Å². The van der Waals surface area contributed by atoms with Crippen LogP contribution in [0, 0.1) is 0 Å². The number of hydrogen-bond donors (Lipinski definition) is 2. The van der Waals surface area contributed by atoms with Crippen LogP contribution in [0.25, 0.3) is 0 Å². The molecule has 0 aromatic heterocycles. The Balaban J connectivity index is 3.19. The lowest BCUT2D eigenvalue weighted by molar-refractivity contribution is 0.471. The molecule has 90 valence electrons. The molecular formula is C11H17NO3S. The summed E-state index contributed by atoms with van der Waals surface area (Å²) in [6, 6.07) is 4.74. The Kier molecular flexibility index (Phi) is 3.19. The molecule has 0 atom stereocenters. The standard InChI is InChI=1S/C11H17NO3S/c1-11(2,3)8-5-9(7-10(13)6-8)12-16(4,14)15/h5-7,12-13H,1-4H3. The third-order valence-electron chi connectivity index (χ3n) is 2.09. The predicted molar refractivity (Wildman–Crippen MR) is 65.3 cm³/mol. The van der Waals surface area contributed by atoms with Crippen LogP contribution in [0.4, 0.5) is 5.69 Å². The molecule has 1 rings (SSSR count). The number of sulfonamides is 1. The summed E-state index contributed by atoms with van der Waals surface area (Å²) < 4.78 is 24.5. The Morgan fingerprint density at radius 1 is 1.19 bits per heavy atom. The zero-order chi connectivity index (χ0) is 12.6. The van der Waals surface area contributed by atoms with Gasteiger partial charge >= 0.3 is 0 Å². The normalized spacial score (nSPS) is 12.5. The topological polar surface area (TPSA) is 66.4 Å². The van der Waals surface area contributed by atoms with Crippen LogP contribution in [0.2, 0.25) is 0 Å². The Bertz CT molecular complexity index is 486. The highest BCUT2D eigenvalue weighted by atomic mass is 32.2. The van der Waals surface area contributed by atoms with Gasteiger partial charge in [0.25, 0.3) is 0 Å². The summed E-state index contributed by atoms with van der Waals surface area (Å²) in [6.07, 6.45) is 1.08. The van der Waals surface area contributed by atoms with Crippen LogP contribution in [-0.2, 0) is 15.4 Å². The van der Waals surface area contributed by atoms with Crippen molar-refractivity contribution < 1.29 is 13.5 Å². The number of rotatable bonds is 2. The molecule has 1 aromatic rings. The summed E-state index contributed by atoms with van der Waals surface area (Å²) in [6.45, 7) is 5.98. The Morgan fingerprint density at radius 3 is 2.19 bits per heavy atom. The first-order chi connectivity index (χ1) is 7.08. The van der Waals surface area contributed by atoms with Crippen molar-refractivity contribution >= 4 is 15.7 Å². The molecule has 2 N–H and O–H groups in total. The van der Waals surface area contributed by atoms with Gasteiger partial charge in [0.1, 0.15) is 5.75 Å². The van der Waals surface area contributed by atoms with E-state index in [0.29, 0.717) is 5.69 Å². The van der Waals surface area contributed by atoms with Gasteiger partial charge in [-0.2, -0.15) is 0 Å².